The minimum atomic E-state index is -0.131. The highest BCUT2D eigenvalue weighted by molar-refractivity contribution is 5.29. The van der Waals surface area contributed by atoms with Crippen LogP contribution in [0.4, 0.5) is 4.39 Å². The maximum Gasteiger partial charge on any atom is 0.133 e. The summed E-state index contributed by atoms with van der Waals surface area (Å²) in [5.74, 6) is 0.333. The number of hydrogen-bond acceptors (Lipinski definition) is 3. The molecule has 1 aliphatic heterocycles. The lowest BCUT2D eigenvalue weighted by Gasteiger charge is -2.21. The summed E-state index contributed by atoms with van der Waals surface area (Å²) >= 11 is 0. The summed E-state index contributed by atoms with van der Waals surface area (Å²) in [5, 5.41) is 0. The van der Waals surface area contributed by atoms with E-state index in [9.17, 15) is 4.39 Å². The van der Waals surface area contributed by atoms with Crippen LogP contribution in [0.3, 0.4) is 0 Å². The van der Waals surface area contributed by atoms with Crippen molar-refractivity contribution in [3.8, 4) is 0 Å². The van der Waals surface area contributed by atoms with Crippen LogP contribution in [0.25, 0.3) is 0 Å². The second-order valence-corrected chi connectivity index (χ2v) is 5.05. The SMILES string of the molecule is COCc1cccc(C2CC(CN)CN2C)c1F. The van der Waals surface area contributed by atoms with Crippen molar-refractivity contribution in [3.63, 3.8) is 0 Å². The smallest absolute Gasteiger partial charge is 0.133 e. The molecule has 0 amide bonds. The van der Waals surface area contributed by atoms with E-state index in [1.54, 1.807) is 13.2 Å². The van der Waals surface area contributed by atoms with Gasteiger partial charge in [-0.2, -0.15) is 0 Å². The van der Waals surface area contributed by atoms with Crippen molar-refractivity contribution in [2.24, 2.45) is 11.7 Å². The van der Waals surface area contributed by atoms with Crippen LogP contribution in [-0.2, 0) is 11.3 Å². The molecule has 1 fully saturated rings. The molecule has 0 saturated carbocycles. The Labute approximate surface area is 108 Å². The Kier molecular flexibility index (Phi) is 4.32. The van der Waals surface area contributed by atoms with Gasteiger partial charge in [-0.3, -0.25) is 4.90 Å². The van der Waals surface area contributed by atoms with Gasteiger partial charge in [0, 0.05) is 30.8 Å². The maximum atomic E-state index is 14.4. The molecule has 1 aromatic carbocycles. The monoisotopic (exact) mass is 252 g/mol. The van der Waals surface area contributed by atoms with Crippen molar-refractivity contribution in [2.45, 2.75) is 19.1 Å². The largest absolute Gasteiger partial charge is 0.380 e. The number of benzene rings is 1. The molecule has 0 spiro atoms. The molecule has 0 bridgehead atoms. The zero-order valence-electron chi connectivity index (χ0n) is 11.0. The average molecular weight is 252 g/mol. The number of rotatable bonds is 4. The molecule has 1 aromatic rings. The van der Waals surface area contributed by atoms with Crippen molar-refractivity contribution in [1.82, 2.24) is 4.90 Å². The molecule has 3 nitrogen and oxygen atoms in total. The molecule has 2 N–H and O–H groups in total. The molecular formula is C14H21FN2O. The summed E-state index contributed by atoms with van der Waals surface area (Å²) in [6, 6.07) is 5.68. The Morgan fingerprint density at radius 1 is 1.50 bits per heavy atom. The van der Waals surface area contributed by atoms with Crippen LogP contribution in [0.1, 0.15) is 23.6 Å². The number of nitrogens with zero attached hydrogens (tertiary/aromatic N) is 1. The number of halogens is 1. The quantitative estimate of drug-likeness (QED) is 0.889. The van der Waals surface area contributed by atoms with E-state index in [2.05, 4.69) is 4.90 Å². The summed E-state index contributed by atoms with van der Waals surface area (Å²) in [6.07, 6.45) is 0.931. The van der Waals surface area contributed by atoms with Crippen molar-refractivity contribution in [1.29, 1.82) is 0 Å². The molecule has 100 valence electrons. The third kappa shape index (κ3) is 2.55. The summed E-state index contributed by atoms with van der Waals surface area (Å²) < 4.78 is 19.4. The molecule has 0 radical (unpaired) electrons. The van der Waals surface area contributed by atoms with Gasteiger partial charge in [-0.1, -0.05) is 18.2 Å². The molecular weight excluding hydrogens is 231 g/mol. The summed E-state index contributed by atoms with van der Waals surface area (Å²) in [6.45, 7) is 1.92. The van der Waals surface area contributed by atoms with Crippen LogP contribution < -0.4 is 5.73 Å². The predicted octanol–water partition coefficient (Wildman–Crippen LogP) is 1.92. The Morgan fingerprint density at radius 3 is 2.89 bits per heavy atom. The van der Waals surface area contributed by atoms with E-state index in [0.717, 1.165) is 18.5 Å². The van der Waals surface area contributed by atoms with Crippen molar-refractivity contribution in [3.05, 3.63) is 35.1 Å². The van der Waals surface area contributed by atoms with Gasteiger partial charge in [0.05, 0.1) is 6.61 Å². The second kappa shape index (κ2) is 5.78. The lowest BCUT2D eigenvalue weighted by atomic mass is 9.98. The summed E-state index contributed by atoms with van der Waals surface area (Å²) in [4.78, 5) is 2.19. The van der Waals surface area contributed by atoms with Gasteiger partial charge in [0.1, 0.15) is 5.82 Å². The van der Waals surface area contributed by atoms with Crippen LogP contribution in [0, 0.1) is 11.7 Å². The first-order chi connectivity index (χ1) is 8.67. The van der Waals surface area contributed by atoms with Gasteiger partial charge in [-0.25, -0.2) is 4.39 Å². The molecule has 1 aliphatic rings. The highest BCUT2D eigenvalue weighted by atomic mass is 19.1. The fraction of sp³-hybridized carbons (Fsp3) is 0.571. The molecule has 0 aliphatic carbocycles. The van der Waals surface area contributed by atoms with E-state index in [4.69, 9.17) is 10.5 Å². The maximum absolute atomic E-state index is 14.4. The number of hydrogen-bond donors (Lipinski definition) is 1. The molecule has 1 heterocycles. The molecule has 0 aromatic heterocycles. The summed E-state index contributed by atoms with van der Waals surface area (Å²) in [7, 11) is 3.61. The molecule has 2 rings (SSSR count). The number of likely N-dealkylation sites (tertiary alicyclic amines) is 1. The zero-order chi connectivity index (χ0) is 13.1. The first-order valence-electron chi connectivity index (χ1n) is 6.34. The highest BCUT2D eigenvalue weighted by Crippen LogP contribution is 2.35. The van der Waals surface area contributed by atoms with Crippen LogP contribution in [0.15, 0.2) is 18.2 Å². The lowest BCUT2D eigenvalue weighted by Crippen LogP contribution is -2.21. The topological polar surface area (TPSA) is 38.5 Å². The van der Waals surface area contributed by atoms with E-state index >= 15 is 0 Å². The Morgan fingerprint density at radius 2 is 2.28 bits per heavy atom. The van der Waals surface area contributed by atoms with Gasteiger partial charge in [0.2, 0.25) is 0 Å². The number of ether oxygens (including phenoxy) is 1. The molecule has 2 unspecified atom stereocenters. The van der Waals surface area contributed by atoms with Crippen LogP contribution >= 0.6 is 0 Å². The molecule has 4 heteroatoms. The predicted molar refractivity (Wildman–Crippen MR) is 69.6 cm³/mol. The Balaban J connectivity index is 2.25. The number of methoxy groups -OCH3 is 1. The minimum Gasteiger partial charge on any atom is -0.380 e. The van der Waals surface area contributed by atoms with Gasteiger partial charge < -0.3 is 10.5 Å². The Bertz CT molecular complexity index is 411. The molecule has 18 heavy (non-hydrogen) atoms. The molecule has 1 saturated heterocycles. The fourth-order valence-corrected chi connectivity index (χ4v) is 2.76. The van der Waals surface area contributed by atoms with Crippen molar-refractivity contribution < 1.29 is 9.13 Å². The summed E-state index contributed by atoms with van der Waals surface area (Å²) in [5.41, 5.74) is 7.10. The van der Waals surface area contributed by atoms with E-state index in [1.165, 1.54) is 0 Å². The first kappa shape index (κ1) is 13.5. The van der Waals surface area contributed by atoms with Crippen LogP contribution in [-0.4, -0.2) is 32.1 Å². The van der Waals surface area contributed by atoms with Gasteiger partial charge in [0.15, 0.2) is 0 Å². The van der Waals surface area contributed by atoms with E-state index in [0.29, 0.717) is 24.6 Å². The van der Waals surface area contributed by atoms with Crippen LogP contribution in [0.5, 0.6) is 0 Å². The Hall–Kier alpha value is -0.970. The van der Waals surface area contributed by atoms with Gasteiger partial charge >= 0.3 is 0 Å². The van der Waals surface area contributed by atoms with Gasteiger partial charge in [-0.05, 0) is 25.9 Å². The van der Waals surface area contributed by atoms with Crippen molar-refractivity contribution >= 4 is 0 Å². The minimum absolute atomic E-state index is 0.131. The highest BCUT2D eigenvalue weighted by Gasteiger charge is 2.31. The third-order valence-corrected chi connectivity index (χ3v) is 3.74. The third-order valence-electron chi connectivity index (χ3n) is 3.74. The van der Waals surface area contributed by atoms with Gasteiger partial charge in [-0.15, -0.1) is 0 Å². The van der Waals surface area contributed by atoms with Crippen LogP contribution in [0.2, 0.25) is 0 Å². The van der Waals surface area contributed by atoms with E-state index in [-0.39, 0.29) is 11.9 Å². The zero-order valence-corrected chi connectivity index (χ0v) is 11.0. The first-order valence-corrected chi connectivity index (χ1v) is 6.34. The standard InChI is InChI=1S/C14H21FN2O/c1-17-8-10(7-16)6-13(17)12-5-3-4-11(9-18-2)14(12)15/h3-5,10,13H,6-9,16H2,1-2H3. The van der Waals surface area contributed by atoms with E-state index in [1.807, 2.05) is 19.2 Å². The van der Waals surface area contributed by atoms with Crippen molar-refractivity contribution in [2.75, 3.05) is 27.2 Å². The second-order valence-electron chi connectivity index (χ2n) is 5.05. The average Bonchev–Trinajstić information content (AvgIpc) is 2.74. The number of nitrogens with two attached hydrogens (primary N) is 1. The lowest BCUT2D eigenvalue weighted by molar-refractivity contribution is 0.180. The fourth-order valence-electron chi connectivity index (χ4n) is 2.76. The van der Waals surface area contributed by atoms with Gasteiger partial charge in [0.25, 0.3) is 0 Å². The normalized spacial score (nSPS) is 24.7. The van der Waals surface area contributed by atoms with E-state index < -0.39 is 0 Å². The molecule has 2 atom stereocenters.